The lowest BCUT2D eigenvalue weighted by Gasteiger charge is -2.08. The molecule has 0 unspecified atom stereocenters. The number of benzene rings is 2. The van der Waals surface area contributed by atoms with Crippen molar-refractivity contribution < 1.29 is 18.3 Å². The van der Waals surface area contributed by atoms with Crippen LogP contribution in [0.4, 0.5) is 26.0 Å². The topological polar surface area (TPSA) is 76.1 Å². The monoisotopic (exact) mass is 370 g/mol. The van der Waals surface area contributed by atoms with Crippen LogP contribution in [-0.2, 0) is 0 Å². The molecule has 3 aromatic rings. The first kappa shape index (κ1) is 18.2. The Hall–Kier alpha value is -3.55. The van der Waals surface area contributed by atoms with Crippen molar-refractivity contribution in [3.8, 4) is 5.75 Å². The summed E-state index contributed by atoms with van der Waals surface area (Å²) in [4.78, 5) is 12.2. The van der Waals surface area contributed by atoms with Gasteiger partial charge in [-0.15, -0.1) is 10.2 Å². The molecule has 2 N–H and O–H groups in total. The van der Waals surface area contributed by atoms with Crippen molar-refractivity contribution in [1.82, 2.24) is 10.2 Å². The molecule has 3 rings (SSSR count). The summed E-state index contributed by atoms with van der Waals surface area (Å²) in [6.07, 6.45) is 0. The highest BCUT2D eigenvalue weighted by atomic mass is 19.1. The molecular weight excluding hydrogens is 354 g/mol. The smallest absolute Gasteiger partial charge is 0.276 e. The van der Waals surface area contributed by atoms with Gasteiger partial charge in [0.25, 0.3) is 5.91 Å². The molecule has 0 radical (unpaired) electrons. The summed E-state index contributed by atoms with van der Waals surface area (Å²) in [6.45, 7) is 2.44. The quantitative estimate of drug-likeness (QED) is 0.682. The fraction of sp³-hybridized carbons (Fsp3) is 0.105. The number of carbonyl (C=O) groups excluding carboxylic acids is 1. The Bertz CT molecular complexity index is 911. The zero-order chi connectivity index (χ0) is 19.2. The van der Waals surface area contributed by atoms with E-state index in [1.807, 2.05) is 6.92 Å². The molecule has 27 heavy (non-hydrogen) atoms. The largest absolute Gasteiger partial charge is 0.494 e. The fourth-order valence-electron chi connectivity index (χ4n) is 2.26. The van der Waals surface area contributed by atoms with Gasteiger partial charge in [-0.25, -0.2) is 8.78 Å². The highest BCUT2D eigenvalue weighted by Gasteiger charge is 2.12. The Labute approximate surface area is 154 Å². The highest BCUT2D eigenvalue weighted by molar-refractivity contribution is 6.02. The maximum absolute atomic E-state index is 13.6. The van der Waals surface area contributed by atoms with Gasteiger partial charge in [0.15, 0.2) is 11.5 Å². The molecule has 0 saturated carbocycles. The van der Waals surface area contributed by atoms with E-state index in [1.54, 1.807) is 24.3 Å². The number of halogens is 2. The number of hydrogen-bond acceptors (Lipinski definition) is 5. The maximum atomic E-state index is 13.6. The van der Waals surface area contributed by atoms with E-state index in [0.717, 1.165) is 12.1 Å². The number of ether oxygens (including phenoxy) is 1. The van der Waals surface area contributed by atoms with Crippen LogP contribution in [0.25, 0.3) is 0 Å². The fourth-order valence-corrected chi connectivity index (χ4v) is 2.26. The van der Waals surface area contributed by atoms with Crippen LogP contribution in [0.15, 0.2) is 54.6 Å². The number of nitrogens with zero attached hydrogens (tertiary/aromatic N) is 2. The van der Waals surface area contributed by atoms with Crippen LogP contribution in [0, 0.1) is 11.6 Å². The third-order valence-corrected chi connectivity index (χ3v) is 3.54. The van der Waals surface area contributed by atoms with E-state index in [0.29, 0.717) is 18.0 Å². The molecule has 8 heteroatoms. The van der Waals surface area contributed by atoms with Crippen molar-refractivity contribution in [2.75, 3.05) is 17.2 Å². The lowest BCUT2D eigenvalue weighted by Crippen LogP contribution is -2.14. The zero-order valence-electron chi connectivity index (χ0n) is 14.4. The molecule has 138 valence electrons. The minimum atomic E-state index is -0.755. The average Bonchev–Trinajstić information content (AvgIpc) is 2.67. The molecular formula is C19H16F2N4O2. The Balaban J connectivity index is 1.66. The van der Waals surface area contributed by atoms with Crippen LogP contribution in [0.1, 0.15) is 17.4 Å². The molecule has 0 atom stereocenters. The van der Waals surface area contributed by atoms with Crippen molar-refractivity contribution in [3.05, 3.63) is 71.9 Å². The van der Waals surface area contributed by atoms with Crippen molar-refractivity contribution in [2.24, 2.45) is 0 Å². The first-order valence-electron chi connectivity index (χ1n) is 8.16. The number of rotatable bonds is 6. The maximum Gasteiger partial charge on any atom is 0.276 e. The van der Waals surface area contributed by atoms with E-state index in [9.17, 15) is 13.6 Å². The van der Waals surface area contributed by atoms with E-state index >= 15 is 0 Å². The summed E-state index contributed by atoms with van der Waals surface area (Å²) in [6, 6.07) is 13.2. The summed E-state index contributed by atoms with van der Waals surface area (Å²) < 4.78 is 32.6. The van der Waals surface area contributed by atoms with Crippen LogP contribution in [0.2, 0.25) is 0 Å². The minimum Gasteiger partial charge on any atom is -0.494 e. The molecule has 1 amide bonds. The van der Waals surface area contributed by atoms with E-state index in [2.05, 4.69) is 20.8 Å². The van der Waals surface area contributed by atoms with Crippen LogP contribution < -0.4 is 15.4 Å². The zero-order valence-corrected chi connectivity index (χ0v) is 14.4. The van der Waals surface area contributed by atoms with Gasteiger partial charge in [-0.2, -0.15) is 0 Å². The lowest BCUT2D eigenvalue weighted by molar-refractivity contribution is 0.102. The first-order valence-corrected chi connectivity index (χ1v) is 8.16. The summed E-state index contributed by atoms with van der Waals surface area (Å²) in [5, 5.41) is 12.7. The molecule has 6 nitrogen and oxygen atoms in total. The molecule has 0 saturated heterocycles. The van der Waals surface area contributed by atoms with E-state index in [-0.39, 0.29) is 17.2 Å². The third-order valence-electron chi connectivity index (χ3n) is 3.54. The van der Waals surface area contributed by atoms with Gasteiger partial charge in [-0.3, -0.25) is 4.79 Å². The third kappa shape index (κ3) is 4.55. The number of anilines is 3. The van der Waals surface area contributed by atoms with Crippen LogP contribution in [-0.4, -0.2) is 22.7 Å². The van der Waals surface area contributed by atoms with Crippen LogP contribution in [0.5, 0.6) is 5.75 Å². The summed E-state index contributed by atoms with van der Waals surface area (Å²) in [7, 11) is 0. The number of amides is 1. The number of carbonyl (C=O) groups is 1. The van der Waals surface area contributed by atoms with Crippen molar-refractivity contribution >= 4 is 23.1 Å². The van der Waals surface area contributed by atoms with E-state index < -0.39 is 17.5 Å². The summed E-state index contributed by atoms with van der Waals surface area (Å²) in [5.74, 6) is -1.17. The highest BCUT2D eigenvalue weighted by Crippen LogP contribution is 2.22. The van der Waals surface area contributed by atoms with Crippen LogP contribution in [0.3, 0.4) is 0 Å². The van der Waals surface area contributed by atoms with Crippen molar-refractivity contribution in [2.45, 2.75) is 6.92 Å². The number of aromatic nitrogens is 2. The van der Waals surface area contributed by atoms with Gasteiger partial charge in [0.05, 0.1) is 6.61 Å². The minimum absolute atomic E-state index is 0.0587. The molecule has 0 aliphatic rings. The summed E-state index contributed by atoms with van der Waals surface area (Å²) in [5.41, 5.74) is 0.294. The molecule has 0 aliphatic heterocycles. The molecule has 0 spiro atoms. The number of para-hydroxylation sites is 1. The van der Waals surface area contributed by atoms with Crippen LogP contribution >= 0.6 is 0 Å². The lowest BCUT2D eigenvalue weighted by atomic mass is 10.2. The Morgan fingerprint density at radius 1 is 1.00 bits per heavy atom. The van der Waals surface area contributed by atoms with Gasteiger partial charge < -0.3 is 15.4 Å². The number of hydrogen-bond donors (Lipinski definition) is 2. The normalized spacial score (nSPS) is 10.3. The van der Waals surface area contributed by atoms with E-state index in [4.69, 9.17) is 4.74 Å². The van der Waals surface area contributed by atoms with Crippen molar-refractivity contribution in [1.29, 1.82) is 0 Å². The van der Waals surface area contributed by atoms with Gasteiger partial charge in [0, 0.05) is 5.69 Å². The van der Waals surface area contributed by atoms with Gasteiger partial charge in [-0.1, -0.05) is 6.07 Å². The Kier molecular flexibility index (Phi) is 5.55. The molecule has 2 aromatic carbocycles. The second kappa shape index (κ2) is 8.22. The molecule has 0 bridgehead atoms. The average molecular weight is 370 g/mol. The summed E-state index contributed by atoms with van der Waals surface area (Å²) >= 11 is 0. The predicted octanol–water partition coefficient (Wildman–Crippen LogP) is 4.15. The first-order chi connectivity index (χ1) is 13.1. The molecule has 0 aliphatic carbocycles. The Morgan fingerprint density at radius 3 is 2.30 bits per heavy atom. The second-order valence-electron chi connectivity index (χ2n) is 5.44. The van der Waals surface area contributed by atoms with Gasteiger partial charge >= 0.3 is 0 Å². The van der Waals surface area contributed by atoms with Gasteiger partial charge in [-0.05, 0) is 55.5 Å². The van der Waals surface area contributed by atoms with Crippen molar-refractivity contribution in [3.63, 3.8) is 0 Å². The van der Waals surface area contributed by atoms with Gasteiger partial charge in [0.2, 0.25) is 0 Å². The van der Waals surface area contributed by atoms with E-state index in [1.165, 1.54) is 18.2 Å². The molecule has 1 aromatic heterocycles. The molecule has 1 heterocycles. The second-order valence-corrected chi connectivity index (χ2v) is 5.44. The van der Waals surface area contributed by atoms with Gasteiger partial charge in [0.1, 0.15) is 23.1 Å². The number of nitrogens with one attached hydrogen (secondary N) is 2. The predicted molar refractivity (Wildman–Crippen MR) is 97.2 cm³/mol. The standard InChI is InChI=1S/C19H16F2N4O2/c1-2-27-13-8-6-12(7-9-13)22-19(26)16-10-11-17(25-24-16)23-18-14(20)4-3-5-15(18)21/h3-11H,2H2,1H3,(H,22,26)(H,23,25). The molecule has 0 fully saturated rings. The SMILES string of the molecule is CCOc1ccc(NC(=O)c2ccc(Nc3c(F)cccc3F)nn2)cc1. The Morgan fingerprint density at radius 2 is 1.70 bits per heavy atom.